The summed E-state index contributed by atoms with van der Waals surface area (Å²) in [5.41, 5.74) is 7.00. The first-order chi connectivity index (χ1) is 8.43. The monoisotopic (exact) mass is 266 g/mol. The van der Waals surface area contributed by atoms with E-state index in [9.17, 15) is 0 Å². The van der Waals surface area contributed by atoms with E-state index in [0.29, 0.717) is 5.82 Å². The van der Waals surface area contributed by atoms with Gasteiger partial charge in [-0.2, -0.15) is 11.8 Å². The van der Waals surface area contributed by atoms with Crippen molar-refractivity contribution in [2.24, 2.45) is 0 Å². The van der Waals surface area contributed by atoms with Gasteiger partial charge in [-0.15, -0.1) is 0 Å². The molecule has 0 amide bonds. The van der Waals surface area contributed by atoms with E-state index in [2.05, 4.69) is 35.6 Å². The normalized spacial score (nSPS) is 19.0. The lowest BCUT2D eigenvalue weighted by Gasteiger charge is -2.38. The van der Waals surface area contributed by atoms with Crippen molar-refractivity contribution < 1.29 is 0 Å². The Morgan fingerprint density at radius 1 is 1.39 bits per heavy atom. The van der Waals surface area contributed by atoms with E-state index in [-0.39, 0.29) is 4.75 Å². The highest BCUT2D eigenvalue weighted by Crippen LogP contribution is 2.33. The van der Waals surface area contributed by atoms with Crippen molar-refractivity contribution in [1.29, 1.82) is 0 Å². The molecule has 1 saturated heterocycles. The van der Waals surface area contributed by atoms with Crippen LogP contribution in [0.25, 0.3) is 0 Å². The molecule has 0 unspecified atom stereocenters. The second-order valence-electron chi connectivity index (χ2n) is 5.36. The third-order valence-electron chi connectivity index (χ3n) is 3.25. The molecular weight excluding hydrogens is 244 g/mol. The number of rotatable bonds is 2. The highest BCUT2D eigenvalue weighted by molar-refractivity contribution is 8.00. The topological polar surface area (TPSA) is 55.0 Å². The molecule has 100 valence electrons. The zero-order valence-electron chi connectivity index (χ0n) is 11.7. The first-order valence-electron chi connectivity index (χ1n) is 6.45. The Kier molecular flexibility index (Phi) is 3.71. The van der Waals surface area contributed by atoms with Gasteiger partial charge in [0.05, 0.1) is 0 Å². The summed E-state index contributed by atoms with van der Waals surface area (Å²) >= 11 is 2.02. The van der Waals surface area contributed by atoms with Crippen LogP contribution in [0.4, 0.5) is 11.6 Å². The number of aryl methyl sites for hydroxylation is 1. The van der Waals surface area contributed by atoms with Crippen LogP contribution in [0.2, 0.25) is 0 Å². The minimum Gasteiger partial charge on any atom is -0.383 e. The largest absolute Gasteiger partial charge is 0.383 e. The number of aromatic nitrogens is 2. The van der Waals surface area contributed by atoms with Crippen molar-refractivity contribution in [2.75, 3.05) is 29.5 Å². The first kappa shape index (κ1) is 13.5. The van der Waals surface area contributed by atoms with Crippen LogP contribution < -0.4 is 10.6 Å². The van der Waals surface area contributed by atoms with Crippen molar-refractivity contribution in [3.05, 3.63) is 11.4 Å². The number of nitrogens with zero attached hydrogens (tertiary/aromatic N) is 3. The van der Waals surface area contributed by atoms with Crippen molar-refractivity contribution in [3.63, 3.8) is 0 Å². The molecule has 5 heteroatoms. The van der Waals surface area contributed by atoms with E-state index in [1.165, 1.54) is 0 Å². The number of nitrogen functional groups attached to an aromatic ring is 1. The SMILES string of the molecule is CCc1nc(N)c(C)c(N2CCSC(C)(C)C2)n1. The lowest BCUT2D eigenvalue weighted by molar-refractivity contribution is 0.638. The molecule has 0 saturated carbocycles. The Morgan fingerprint density at radius 3 is 2.72 bits per heavy atom. The Morgan fingerprint density at radius 2 is 2.11 bits per heavy atom. The van der Waals surface area contributed by atoms with Crippen molar-refractivity contribution in [2.45, 2.75) is 38.9 Å². The highest BCUT2D eigenvalue weighted by Gasteiger charge is 2.29. The fraction of sp³-hybridized carbons (Fsp3) is 0.692. The molecule has 2 N–H and O–H groups in total. The molecule has 1 aromatic rings. The van der Waals surface area contributed by atoms with Crippen LogP contribution in [0.15, 0.2) is 0 Å². The van der Waals surface area contributed by atoms with E-state index in [0.717, 1.165) is 42.5 Å². The summed E-state index contributed by atoms with van der Waals surface area (Å²) < 4.78 is 0.275. The van der Waals surface area contributed by atoms with Gasteiger partial charge in [0.15, 0.2) is 0 Å². The molecule has 0 aliphatic carbocycles. The predicted octanol–water partition coefficient (Wildman–Crippen LogP) is 2.26. The van der Waals surface area contributed by atoms with E-state index >= 15 is 0 Å². The molecule has 4 nitrogen and oxygen atoms in total. The minimum atomic E-state index is 0.275. The van der Waals surface area contributed by atoms with Gasteiger partial charge in [0.1, 0.15) is 17.5 Å². The molecule has 0 bridgehead atoms. The first-order valence-corrected chi connectivity index (χ1v) is 7.43. The zero-order valence-corrected chi connectivity index (χ0v) is 12.5. The maximum Gasteiger partial charge on any atom is 0.137 e. The molecule has 1 aliphatic heterocycles. The number of thioether (sulfide) groups is 1. The number of hydrogen-bond donors (Lipinski definition) is 1. The molecule has 0 atom stereocenters. The second-order valence-corrected chi connectivity index (χ2v) is 7.16. The van der Waals surface area contributed by atoms with E-state index < -0.39 is 0 Å². The lowest BCUT2D eigenvalue weighted by atomic mass is 10.1. The summed E-state index contributed by atoms with van der Waals surface area (Å²) in [5.74, 6) is 3.61. The van der Waals surface area contributed by atoms with Gasteiger partial charge in [-0.25, -0.2) is 9.97 Å². The Labute approximate surface area is 113 Å². The van der Waals surface area contributed by atoms with Crippen LogP contribution in [-0.4, -0.2) is 33.6 Å². The number of hydrogen-bond acceptors (Lipinski definition) is 5. The number of nitrogens with two attached hydrogens (primary N) is 1. The van der Waals surface area contributed by atoms with Gasteiger partial charge in [-0.3, -0.25) is 0 Å². The van der Waals surface area contributed by atoms with E-state index in [4.69, 9.17) is 5.73 Å². The predicted molar refractivity (Wildman–Crippen MR) is 79.3 cm³/mol. The van der Waals surface area contributed by atoms with Crippen molar-refractivity contribution >= 4 is 23.4 Å². The van der Waals surface area contributed by atoms with Crippen LogP contribution in [0.1, 0.15) is 32.2 Å². The summed E-state index contributed by atoms with van der Waals surface area (Å²) in [6, 6.07) is 0. The standard InChI is InChI=1S/C13H22N4S/c1-5-10-15-11(14)9(2)12(16-10)17-6-7-18-13(3,4)8-17/h5-8H2,1-4H3,(H2,14,15,16). The van der Waals surface area contributed by atoms with Gasteiger partial charge < -0.3 is 10.6 Å². The molecule has 0 radical (unpaired) electrons. The quantitative estimate of drug-likeness (QED) is 0.890. The summed E-state index contributed by atoms with van der Waals surface area (Å²) in [4.78, 5) is 11.3. The van der Waals surface area contributed by atoms with Crippen LogP contribution >= 0.6 is 11.8 Å². The van der Waals surface area contributed by atoms with E-state index in [1.54, 1.807) is 0 Å². The summed E-state index contributed by atoms with van der Waals surface area (Å²) in [5, 5.41) is 0. The highest BCUT2D eigenvalue weighted by atomic mass is 32.2. The molecule has 0 spiro atoms. The molecular formula is C13H22N4S. The van der Waals surface area contributed by atoms with Gasteiger partial charge >= 0.3 is 0 Å². The van der Waals surface area contributed by atoms with Crippen LogP contribution in [0.3, 0.4) is 0 Å². The average Bonchev–Trinajstić information content (AvgIpc) is 2.31. The van der Waals surface area contributed by atoms with Gasteiger partial charge in [-0.1, -0.05) is 6.92 Å². The molecule has 18 heavy (non-hydrogen) atoms. The molecule has 2 heterocycles. The maximum absolute atomic E-state index is 5.99. The Balaban J connectivity index is 2.35. The average molecular weight is 266 g/mol. The molecule has 1 fully saturated rings. The van der Waals surface area contributed by atoms with E-state index in [1.807, 2.05) is 18.7 Å². The fourth-order valence-corrected chi connectivity index (χ4v) is 3.34. The summed E-state index contributed by atoms with van der Waals surface area (Å²) in [6.45, 7) is 10.7. The van der Waals surface area contributed by atoms with Crippen molar-refractivity contribution in [1.82, 2.24) is 9.97 Å². The van der Waals surface area contributed by atoms with Crippen LogP contribution in [-0.2, 0) is 6.42 Å². The Bertz CT molecular complexity index is 445. The molecule has 1 aliphatic rings. The third-order valence-corrected chi connectivity index (χ3v) is 4.54. The van der Waals surface area contributed by atoms with Crippen LogP contribution in [0, 0.1) is 6.92 Å². The molecule has 2 rings (SSSR count). The zero-order chi connectivity index (χ0) is 13.3. The fourth-order valence-electron chi connectivity index (χ4n) is 2.23. The van der Waals surface area contributed by atoms with Gasteiger partial charge in [-0.05, 0) is 20.8 Å². The maximum atomic E-state index is 5.99. The smallest absolute Gasteiger partial charge is 0.137 e. The summed E-state index contributed by atoms with van der Waals surface area (Å²) in [7, 11) is 0. The molecule has 1 aromatic heterocycles. The number of anilines is 2. The molecule has 0 aromatic carbocycles. The van der Waals surface area contributed by atoms with Gasteiger partial charge in [0.25, 0.3) is 0 Å². The van der Waals surface area contributed by atoms with Gasteiger partial charge in [0, 0.05) is 35.6 Å². The lowest BCUT2D eigenvalue weighted by Crippen LogP contribution is -2.44. The van der Waals surface area contributed by atoms with Crippen LogP contribution in [0.5, 0.6) is 0 Å². The summed E-state index contributed by atoms with van der Waals surface area (Å²) in [6.07, 6.45) is 0.823. The van der Waals surface area contributed by atoms with Gasteiger partial charge in [0.2, 0.25) is 0 Å². The second kappa shape index (κ2) is 4.96. The third kappa shape index (κ3) is 2.71. The minimum absolute atomic E-state index is 0.275. The Hall–Kier alpha value is -0.970. The van der Waals surface area contributed by atoms with Crippen molar-refractivity contribution in [3.8, 4) is 0 Å².